The fraction of sp³-hybridized carbons (Fsp3) is 0.111. The van der Waals surface area contributed by atoms with E-state index in [1.807, 2.05) is 36.4 Å². The summed E-state index contributed by atoms with van der Waals surface area (Å²) in [4.78, 5) is 12.5. The van der Waals surface area contributed by atoms with Crippen LogP contribution in [0.2, 0.25) is 10.0 Å². The Hall–Kier alpha value is -2.30. The number of amides is 1. The maximum absolute atomic E-state index is 12.5. The smallest absolute Gasteiger partial charge is 0.259 e. The van der Waals surface area contributed by atoms with Crippen molar-refractivity contribution in [3.05, 3.63) is 70.0 Å². The number of rotatable bonds is 3. The van der Waals surface area contributed by atoms with Gasteiger partial charge in [-0.3, -0.25) is 9.48 Å². The minimum absolute atomic E-state index is 0.207. The topological polar surface area (TPSA) is 46.9 Å². The highest BCUT2D eigenvalue weighted by atomic mass is 35.5. The van der Waals surface area contributed by atoms with E-state index in [4.69, 9.17) is 23.2 Å². The third-order valence-corrected chi connectivity index (χ3v) is 4.04. The molecule has 0 spiro atoms. The van der Waals surface area contributed by atoms with Gasteiger partial charge in [0, 0.05) is 34.5 Å². The zero-order valence-corrected chi connectivity index (χ0v) is 14.7. The summed E-state index contributed by atoms with van der Waals surface area (Å²) in [7, 11) is 1.78. The van der Waals surface area contributed by atoms with Crippen LogP contribution in [0.25, 0.3) is 11.1 Å². The summed E-state index contributed by atoms with van der Waals surface area (Å²) in [5.74, 6) is -0.207. The molecule has 24 heavy (non-hydrogen) atoms. The number of benzene rings is 2. The largest absolute Gasteiger partial charge is 0.321 e. The summed E-state index contributed by atoms with van der Waals surface area (Å²) in [6.45, 7) is 1.80. The van der Waals surface area contributed by atoms with Gasteiger partial charge in [-0.15, -0.1) is 0 Å². The highest BCUT2D eigenvalue weighted by Gasteiger charge is 2.15. The molecule has 1 aromatic heterocycles. The Balaban J connectivity index is 1.98. The number of para-hydroxylation sites is 1. The van der Waals surface area contributed by atoms with Gasteiger partial charge in [0.25, 0.3) is 5.91 Å². The molecule has 0 aliphatic heterocycles. The van der Waals surface area contributed by atoms with E-state index >= 15 is 0 Å². The van der Waals surface area contributed by atoms with Gasteiger partial charge in [0.05, 0.1) is 11.3 Å². The number of anilines is 1. The number of hydrogen-bond acceptors (Lipinski definition) is 2. The van der Waals surface area contributed by atoms with Crippen LogP contribution >= 0.6 is 23.2 Å². The lowest BCUT2D eigenvalue weighted by molar-refractivity contribution is 0.102. The van der Waals surface area contributed by atoms with Gasteiger partial charge in [0.1, 0.15) is 0 Å². The molecule has 0 saturated heterocycles. The molecule has 0 fully saturated rings. The Labute approximate surface area is 150 Å². The number of aryl methyl sites for hydroxylation is 2. The van der Waals surface area contributed by atoms with Crippen molar-refractivity contribution in [1.82, 2.24) is 9.78 Å². The number of carbonyl (C=O) groups excluding carboxylic acids is 1. The average Bonchev–Trinajstić information content (AvgIpc) is 2.85. The molecule has 0 unspecified atom stereocenters. The molecule has 4 nitrogen and oxygen atoms in total. The fourth-order valence-corrected chi connectivity index (χ4v) is 3.09. The summed E-state index contributed by atoms with van der Waals surface area (Å²) >= 11 is 12.2. The van der Waals surface area contributed by atoms with Crippen molar-refractivity contribution in [1.29, 1.82) is 0 Å². The summed E-state index contributed by atoms with van der Waals surface area (Å²) < 4.78 is 1.62. The van der Waals surface area contributed by atoms with Crippen molar-refractivity contribution in [2.75, 3.05) is 5.32 Å². The SMILES string of the molecule is Cc1nn(C)cc1C(=O)Nc1ccccc1-c1cc(Cl)cc(Cl)c1. The monoisotopic (exact) mass is 359 g/mol. The number of halogens is 2. The lowest BCUT2D eigenvalue weighted by atomic mass is 10.0. The van der Waals surface area contributed by atoms with E-state index in [1.54, 1.807) is 30.9 Å². The van der Waals surface area contributed by atoms with Crippen LogP contribution in [0.3, 0.4) is 0 Å². The molecule has 1 N–H and O–H groups in total. The van der Waals surface area contributed by atoms with Gasteiger partial charge in [0.15, 0.2) is 0 Å². The number of carbonyl (C=O) groups is 1. The van der Waals surface area contributed by atoms with Crippen molar-refractivity contribution in [2.45, 2.75) is 6.92 Å². The van der Waals surface area contributed by atoms with Gasteiger partial charge >= 0.3 is 0 Å². The lowest BCUT2D eigenvalue weighted by Gasteiger charge is -2.12. The molecular formula is C18H15Cl2N3O. The number of nitrogens with one attached hydrogen (secondary N) is 1. The van der Waals surface area contributed by atoms with E-state index in [1.165, 1.54) is 0 Å². The standard InChI is InChI=1S/C18H15Cl2N3O/c1-11-16(10-23(2)22-11)18(24)21-17-6-4-3-5-15(17)12-7-13(19)9-14(20)8-12/h3-10H,1-2H3,(H,21,24). The molecule has 1 amide bonds. The van der Waals surface area contributed by atoms with Gasteiger partial charge in [-0.05, 0) is 36.8 Å². The Bertz CT molecular complexity index is 898. The minimum Gasteiger partial charge on any atom is -0.321 e. The second kappa shape index (κ2) is 6.67. The Morgan fingerprint density at radius 2 is 1.79 bits per heavy atom. The summed E-state index contributed by atoms with van der Waals surface area (Å²) in [5, 5.41) is 8.22. The molecule has 0 saturated carbocycles. The van der Waals surface area contributed by atoms with Crippen LogP contribution in [-0.2, 0) is 7.05 Å². The Morgan fingerprint density at radius 3 is 2.42 bits per heavy atom. The van der Waals surface area contributed by atoms with E-state index in [-0.39, 0.29) is 5.91 Å². The molecule has 0 aliphatic carbocycles. The second-order valence-electron chi connectivity index (χ2n) is 5.46. The summed E-state index contributed by atoms with van der Waals surface area (Å²) in [5.41, 5.74) is 3.59. The Kier molecular flexibility index (Phi) is 4.60. The van der Waals surface area contributed by atoms with Crippen LogP contribution < -0.4 is 5.32 Å². The normalized spacial score (nSPS) is 10.7. The highest BCUT2D eigenvalue weighted by Crippen LogP contribution is 2.32. The minimum atomic E-state index is -0.207. The molecule has 0 radical (unpaired) electrons. The van der Waals surface area contributed by atoms with Gasteiger partial charge in [-0.25, -0.2) is 0 Å². The third kappa shape index (κ3) is 3.45. The zero-order valence-electron chi connectivity index (χ0n) is 13.2. The predicted octanol–water partition coefficient (Wildman–Crippen LogP) is 4.95. The summed E-state index contributed by atoms with van der Waals surface area (Å²) in [6.07, 6.45) is 1.70. The first-order chi connectivity index (χ1) is 11.4. The number of hydrogen-bond donors (Lipinski definition) is 1. The van der Waals surface area contributed by atoms with Crippen molar-refractivity contribution < 1.29 is 4.79 Å². The second-order valence-corrected chi connectivity index (χ2v) is 6.33. The molecule has 0 atom stereocenters. The van der Waals surface area contributed by atoms with Crippen LogP contribution in [0.15, 0.2) is 48.7 Å². The molecule has 0 bridgehead atoms. The maximum Gasteiger partial charge on any atom is 0.259 e. The Morgan fingerprint density at radius 1 is 1.12 bits per heavy atom. The van der Waals surface area contributed by atoms with E-state index in [0.717, 1.165) is 11.1 Å². The van der Waals surface area contributed by atoms with Crippen molar-refractivity contribution in [2.24, 2.45) is 7.05 Å². The van der Waals surface area contributed by atoms with Gasteiger partial charge in [0.2, 0.25) is 0 Å². The van der Waals surface area contributed by atoms with Gasteiger partial charge < -0.3 is 5.32 Å². The van der Waals surface area contributed by atoms with Gasteiger partial charge in [-0.1, -0.05) is 41.4 Å². The summed E-state index contributed by atoms with van der Waals surface area (Å²) in [6, 6.07) is 12.8. The zero-order chi connectivity index (χ0) is 17.3. The average molecular weight is 360 g/mol. The third-order valence-electron chi connectivity index (χ3n) is 3.61. The van der Waals surface area contributed by atoms with E-state index in [9.17, 15) is 4.79 Å². The number of nitrogens with zero attached hydrogens (tertiary/aromatic N) is 2. The first kappa shape index (κ1) is 16.6. The van der Waals surface area contributed by atoms with Crippen LogP contribution in [0.1, 0.15) is 16.1 Å². The van der Waals surface area contributed by atoms with E-state index in [0.29, 0.717) is 27.0 Å². The first-order valence-electron chi connectivity index (χ1n) is 7.31. The lowest BCUT2D eigenvalue weighted by Crippen LogP contribution is -2.13. The molecule has 6 heteroatoms. The molecule has 0 aliphatic rings. The maximum atomic E-state index is 12.5. The van der Waals surface area contributed by atoms with Gasteiger partial charge in [-0.2, -0.15) is 5.10 Å². The molecule has 1 heterocycles. The fourth-order valence-electron chi connectivity index (χ4n) is 2.57. The van der Waals surface area contributed by atoms with Crippen LogP contribution in [0, 0.1) is 6.92 Å². The predicted molar refractivity (Wildman–Crippen MR) is 97.8 cm³/mol. The van der Waals surface area contributed by atoms with Crippen molar-refractivity contribution in [3.63, 3.8) is 0 Å². The van der Waals surface area contributed by atoms with E-state index < -0.39 is 0 Å². The molecule has 3 aromatic rings. The molecular weight excluding hydrogens is 345 g/mol. The van der Waals surface area contributed by atoms with E-state index in [2.05, 4.69) is 10.4 Å². The van der Waals surface area contributed by atoms with Crippen LogP contribution in [-0.4, -0.2) is 15.7 Å². The van der Waals surface area contributed by atoms with Crippen molar-refractivity contribution >= 4 is 34.8 Å². The first-order valence-corrected chi connectivity index (χ1v) is 8.07. The molecule has 2 aromatic carbocycles. The number of aromatic nitrogens is 2. The molecule has 3 rings (SSSR count). The molecule has 122 valence electrons. The van der Waals surface area contributed by atoms with Crippen LogP contribution in [0.5, 0.6) is 0 Å². The quantitative estimate of drug-likeness (QED) is 0.718. The van der Waals surface area contributed by atoms with Crippen molar-refractivity contribution in [3.8, 4) is 11.1 Å². The highest BCUT2D eigenvalue weighted by molar-refractivity contribution is 6.35. The van der Waals surface area contributed by atoms with Crippen LogP contribution in [0.4, 0.5) is 5.69 Å².